The van der Waals surface area contributed by atoms with Crippen molar-refractivity contribution in [1.29, 1.82) is 0 Å². The van der Waals surface area contributed by atoms with Crippen molar-refractivity contribution in [3.05, 3.63) is 10.6 Å². The predicted octanol–water partition coefficient (Wildman–Crippen LogP) is 2.55. The summed E-state index contributed by atoms with van der Waals surface area (Å²) in [4.78, 5) is 18.4. The Morgan fingerprint density at radius 3 is 2.65 bits per heavy atom. The van der Waals surface area contributed by atoms with E-state index in [1.165, 1.54) is 11.3 Å². The fraction of sp³-hybridized carbons (Fsp3) is 0.667. The van der Waals surface area contributed by atoms with Crippen LogP contribution in [-0.4, -0.2) is 38.1 Å². The lowest BCUT2D eigenvalue weighted by Crippen LogP contribution is -2.26. The summed E-state index contributed by atoms with van der Waals surface area (Å²) in [7, 11) is 1.69. The summed E-state index contributed by atoms with van der Waals surface area (Å²) in [5, 5.41) is 0.912. The molecule has 0 unspecified atom stereocenters. The van der Waals surface area contributed by atoms with Crippen LogP contribution in [0.3, 0.4) is 0 Å². The minimum atomic E-state index is 0.279. The van der Waals surface area contributed by atoms with Crippen molar-refractivity contribution < 1.29 is 9.53 Å². The summed E-state index contributed by atoms with van der Waals surface area (Å²) in [5.41, 5.74) is 0.899. The Morgan fingerprint density at radius 2 is 2.24 bits per heavy atom. The van der Waals surface area contributed by atoms with E-state index in [-0.39, 0.29) is 5.92 Å². The van der Waals surface area contributed by atoms with Gasteiger partial charge in [0, 0.05) is 20.2 Å². The molecule has 17 heavy (non-hydrogen) atoms. The SMILES string of the molecule is CCN(CCOC)c1nc(C(C)C)c(C=O)s1. The maximum Gasteiger partial charge on any atom is 0.186 e. The zero-order valence-electron chi connectivity index (χ0n) is 10.9. The van der Waals surface area contributed by atoms with Crippen molar-refractivity contribution in [3.63, 3.8) is 0 Å². The first-order chi connectivity index (χ1) is 8.13. The molecular formula is C12H20N2O2S. The minimum absolute atomic E-state index is 0.279. The summed E-state index contributed by atoms with van der Waals surface area (Å²) < 4.78 is 5.07. The maximum atomic E-state index is 11.0. The molecule has 0 atom stereocenters. The number of aldehydes is 1. The molecule has 0 spiro atoms. The van der Waals surface area contributed by atoms with E-state index in [1.807, 2.05) is 0 Å². The molecule has 0 aliphatic rings. The lowest BCUT2D eigenvalue weighted by atomic mass is 10.1. The summed E-state index contributed by atoms with van der Waals surface area (Å²) in [5.74, 6) is 0.279. The number of aromatic nitrogens is 1. The van der Waals surface area contributed by atoms with E-state index in [9.17, 15) is 4.79 Å². The summed E-state index contributed by atoms with van der Waals surface area (Å²) in [6.45, 7) is 8.52. The highest BCUT2D eigenvalue weighted by Gasteiger charge is 2.16. The number of thiazole rings is 1. The molecule has 0 amide bonds. The van der Waals surface area contributed by atoms with Gasteiger partial charge in [0.05, 0.1) is 17.2 Å². The van der Waals surface area contributed by atoms with Crippen LogP contribution in [0.25, 0.3) is 0 Å². The molecule has 5 heteroatoms. The number of carbonyl (C=O) groups excluding carboxylic acids is 1. The number of anilines is 1. The first-order valence-electron chi connectivity index (χ1n) is 5.83. The number of carbonyl (C=O) groups is 1. The van der Waals surface area contributed by atoms with E-state index in [1.54, 1.807) is 7.11 Å². The Bertz CT molecular complexity index is 363. The fourth-order valence-corrected chi connectivity index (χ4v) is 2.68. The number of likely N-dealkylation sites (N-methyl/N-ethyl adjacent to an activating group) is 1. The molecule has 0 fully saturated rings. The molecule has 0 aliphatic carbocycles. The van der Waals surface area contributed by atoms with E-state index in [0.29, 0.717) is 6.61 Å². The van der Waals surface area contributed by atoms with E-state index in [2.05, 4.69) is 30.7 Å². The highest BCUT2D eigenvalue weighted by atomic mass is 32.1. The van der Waals surface area contributed by atoms with Gasteiger partial charge in [0.2, 0.25) is 0 Å². The highest BCUT2D eigenvalue weighted by molar-refractivity contribution is 7.17. The smallest absolute Gasteiger partial charge is 0.186 e. The quantitative estimate of drug-likeness (QED) is 0.703. The van der Waals surface area contributed by atoms with Crippen molar-refractivity contribution >= 4 is 22.8 Å². The van der Waals surface area contributed by atoms with Crippen molar-refractivity contribution in [1.82, 2.24) is 4.98 Å². The molecule has 4 nitrogen and oxygen atoms in total. The van der Waals surface area contributed by atoms with Crippen molar-refractivity contribution in [2.75, 3.05) is 31.7 Å². The van der Waals surface area contributed by atoms with Gasteiger partial charge in [0.25, 0.3) is 0 Å². The van der Waals surface area contributed by atoms with Crippen LogP contribution < -0.4 is 4.90 Å². The number of nitrogens with zero attached hydrogens (tertiary/aromatic N) is 2. The Hall–Kier alpha value is -0.940. The third-order valence-electron chi connectivity index (χ3n) is 2.54. The molecule has 0 radical (unpaired) electrons. The van der Waals surface area contributed by atoms with Gasteiger partial charge in [0.15, 0.2) is 11.4 Å². The summed E-state index contributed by atoms with van der Waals surface area (Å²) in [6.07, 6.45) is 0.903. The van der Waals surface area contributed by atoms with Gasteiger partial charge >= 0.3 is 0 Å². The van der Waals surface area contributed by atoms with Crippen molar-refractivity contribution in [2.24, 2.45) is 0 Å². The molecular weight excluding hydrogens is 236 g/mol. The van der Waals surface area contributed by atoms with Crippen LogP contribution in [-0.2, 0) is 4.74 Å². The van der Waals surface area contributed by atoms with Crippen LogP contribution in [0, 0.1) is 0 Å². The van der Waals surface area contributed by atoms with Crippen LogP contribution >= 0.6 is 11.3 Å². The van der Waals surface area contributed by atoms with Gasteiger partial charge in [-0.15, -0.1) is 0 Å². The zero-order chi connectivity index (χ0) is 12.8. The topological polar surface area (TPSA) is 42.4 Å². The first-order valence-corrected chi connectivity index (χ1v) is 6.65. The zero-order valence-corrected chi connectivity index (χ0v) is 11.7. The summed E-state index contributed by atoms with van der Waals surface area (Å²) >= 11 is 1.46. The highest BCUT2D eigenvalue weighted by Crippen LogP contribution is 2.29. The number of rotatable bonds is 7. The molecule has 0 bridgehead atoms. The second-order valence-corrected chi connectivity index (χ2v) is 5.10. The van der Waals surface area contributed by atoms with Crippen molar-refractivity contribution in [2.45, 2.75) is 26.7 Å². The molecule has 0 N–H and O–H groups in total. The average Bonchev–Trinajstić information content (AvgIpc) is 2.74. The van der Waals surface area contributed by atoms with Crippen LogP contribution in [0.2, 0.25) is 0 Å². The third-order valence-corrected chi connectivity index (χ3v) is 3.60. The Morgan fingerprint density at radius 1 is 1.53 bits per heavy atom. The fourth-order valence-electron chi connectivity index (χ4n) is 1.56. The molecule has 1 aromatic heterocycles. The van der Waals surface area contributed by atoms with Gasteiger partial charge < -0.3 is 9.64 Å². The number of hydrogen-bond acceptors (Lipinski definition) is 5. The molecule has 1 heterocycles. The molecule has 0 saturated heterocycles. The molecule has 0 aromatic carbocycles. The van der Waals surface area contributed by atoms with Crippen LogP contribution in [0.4, 0.5) is 5.13 Å². The van der Waals surface area contributed by atoms with E-state index in [4.69, 9.17) is 4.74 Å². The van der Waals surface area contributed by atoms with Crippen LogP contribution in [0.1, 0.15) is 42.1 Å². The van der Waals surface area contributed by atoms with E-state index < -0.39 is 0 Å². The van der Waals surface area contributed by atoms with Gasteiger partial charge in [0.1, 0.15) is 0 Å². The van der Waals surface area contributed by atoms with E-state index >= 15 is 0 Å². The minimum Gasteiger partial charge on any atom is -0.383 e. The van der Waals surface area contributed by atoms with Crippen LogP contribution in [0.15, 0.2) is 0 Å². The standard InChI is InChI=1S/C12H20N2O2S/c1-5-14(6-7-16-4)12-13-11(9(2)3)10(8-15)17-12/h8-9H,5-7H2,1-4H3. The Kier molecular flexibility index (Phi) is 5.58. The Balaban J connectivity index is 2.92. The number of ether oxygens (including phenoxy) is 1. The normalized spacial score (nSPS) is 10.9. The molecule has 0 aliphatic heterocycles. The van der Waals surface area contributed by atoms with Crippen molar-refractivity contribution in [3.8, 4) is 0 Å². The van der Waals surface area contributed by atoms with Crippen LogP contribution in [0.5, 0.6) is 0 Å². The lowest BCUT2D eigenvalue weighted by Gasteiger charge is -2.18. The lowest BCUT2D eigenvalue weighted by molar-refractivity contribution is 0.112. The molecule has 0 saturated carbocycles. The van der Waals surface area contributed by atoms with Gasteiger partial charge in [-0.1, -0.05) is 25.2 Å². The van der Waals surface area contributed by atoms with Gasteiger partial charge in [-0.25, -0.2) is 4.98 Å². The summed E-state index contributed by atoms with van der Waals surface area (Å²) in [6, 6.07) is 0. The average molecular weight is 256 g/mol. The molecule has 1 rings (SSSR count). The Labute approximate surface area is 107 Å². The third kappa shape index (κ3) is 3.51. The predicted molar refractivity (Wildman–Crippen MR) is 71.4 cm³/mol. The first kappa shape index (κ1) is 14.1. The van der Waals surface area contributed by atoms with E-state index in [0.717, 1.165) is 35.1 Å². The second kappa shape index (κ2) is 6.71. The van der Waals surface area contributed by atoms with Gasteiger partial charge in [-0.3, -0.25) is 4.79 Å². The molecule has 96 valence electrons. The monoisotopic (exact) mass is 256 g/mol. The van der Waals surface area contributed by atoms with Gasteiger partial charge in [-0.2, -0.15) is 0 Å². The molecule has 1 aromatic rings. The largest absolute Gasteiger partial charge is 0.383 e. The van der Waals surface area contributed by atoms with Gasteiger partial charge in [-0.05, 0) is 12.8 Å². The number of hydrogen-bond donors (Lipinski definition) is 0. The maximum absolute atomic E-state index is 11.0. The second-order valence-electron chi connectivity index (χ2n) is 4.09. The number of methoxy groups -OCH3 is 1.